The van der Waals surface area contributed by atoms with Crippen LogP contribution in [-0.4, -0.2) is 43.0 Å². The molecule has 0 spiro atoms. The Kier molecular flexibility index (Phi) is 5.57. The minimum absolute atomic E-state index is 0.0267. The van der Waals surface area contributed by atoms with Gasteiger partial charge in [0.1, 0.15) is 0 Å². The van der Waals surface area contributed by atoms with E-state index in [-0.39, 0.29) is 23.6 Å². The molecule has 10 heteroatoms. The van der Waals surface area contributed by atoms with Crippen molar-refractivity contribution in [2.24, 2.45) is 11.5 Å². The van der Waals surface area contributed by atoms with Gasteiger partial charge in [0.2, 0.25) is 5.95 Å². The molecule has 0 unspecified atom stereocenters. The fourth-order valence-electron chi connectivity index (χ4n) is 3.63. The van der Waals surface area contributed by atoms with Gasteiger partial charge in [-0.25, -0.2) is 4.68 Å². The van der Waals surface area contributed by atoms with Crippen molar-refractivity contribution < 1.29 is 4.79 Å². The van der Waals surface area contributed by atoms with Crippen LogP contribution in [0.4, 0.5) is 17.6 Å². The average Bonchev–Trinajstić information content (AvgIpc) is 3.10. The number of benzene rings is 1. The zero-order valence-corrected chi connectivity index (χ0v) is 16.7. The van der Waals surface area contributed by atoms with Crippen LogP contribution in [0.1, 0.15) is 41.9 Å². The molecule has 0 radical (unpaired) electrons. The van der Waals surface area contributed by atoms with Crippen LogP contribution in [0.5, 0.6) is 0 Å². The zero-order valence-electron chi connectivity index (χ0n) is 16.7. The van der Waals surface area contributed by atoms with Crippen molar-refractivity contribution in [3.8, 4) is 5.69 Å². The molecular weight excluding hydrogens is 382 g/mol. The molecule has 1 aromatic carbocycles. The van der Waals surface area contributed by atoms with E-state index in [1.807, 2.05) is 43.3 Å². The number of hydrogen-bond acceptors (Lipinski definition) is 8. The lowest BCUT2D eigenvalue weighted by atomic mass is 9.91. The van der Waals surface area contributed by atoms with Gasteiger partial charge < -0.3 is 22.1 Å². The van der Waals surface area contributed by atoms with Gasteiger partial charge in [-0.3, -0.25) is 4.79 Å². The smallest absolute Gasteiger partial charge is 0.273 e. The highest BCUT2D eigenvalue weighted by atomic mass is 16.1. The predicted octanol–water partition coefficient (Wildman–Crippen LogP) is 1.89. The van der Waals surface area contributed by atoms with E-state index in [1.165, 1.54) is 0 Å². The summed E-state index contributed by atoms with van der Waals surface area (Å²) in [4.78, 5) is 16.3. The number of rotatable bonds is 6. The molecule has 0 aliphatic heterocycles. The summed E-state index contributed by atoms with van der Waals surface area (Å²) in [6.45, 7) is 1.94. The molecule has 1 aliphatic rings. The second-order valence-electron chi connectivity index (χ2n) is 7.44. The molecule has 2 aromatic heterocycles. The van der Waals surface area contributed by atoms with Crippen LogP contribution in [0.3, 0.4) is 0 Å². The van der Waals surface area contributed by atoms with Crippen molar-refractivity contribution in [1.29, 1.82) is 0 Å². The first-order valence-electron chi connectivity index (χ1n) is 9.97. The van der Waals surface area contributed by atoms with Crippen molar-refractivity contribution in [2.75, 3.05) is 10.6 Å². The number of carbonyl (C=O) groups excluding carboxylic acids is 1. The second-order valence-corrected chi connectivity index (χ2v) is 7.44. The van der Waals surface area contributed by atoms with Gasteiger partial charge in [0.25, 0.3) is 5.91 Å². The molecule has 30 heavy (non-hydrogen) atoms. The SMILES string of the molecule is Cc1cc(Nc2nc(N[C@@H]3CCCC[C@@H]3N)nnc2C(N)=O)nn1-c1ccccc1. The maximum Gasteiger partial charge on any atom is 0.273 e. The first-order chi connectivity index (χ1) is 14.5. The van der Waals surface area contributed by atoms with Gasteiger partial charge in [0, 0.05) is 23.8 Å². The standard InChI is InChI=1S/C20H25N9O/c1-12-11-16(28-29(12)13-7-3-2-4-8-13)24-19-17(18(22)30)26-27-20(25-19)23-15-10-6-5-9-14(15)21/h2-4,7-8,11,14-15H,5-6,9-10,21H2,1H3,(H2,22,30)(H2,23,24,25,27,28)/t14-,15+/m0/s1. The third-order valence-corrected chi connectivity index (χ3v) is 5.19. The van der Waals surface area contributed by atoms with Crippen molar-refractivity contribution in [1.82, 2.24) is 25.0 Å². The van der Waals surface area contributed by atoms with Crippen LogP contribution >= 0.6 is 0 Å². The van der Waals surface area contributed by atoms with Crippen molar-refractivity contribution in [3.63, 3.8) is 0 Å². The topological polar surface area (TPSA) is 150 Å². The number of carbonyl (C=O) groups is 1. The van der Waals surface area contributed by atoms with Gasteiger partial charge in [-0.2, -0.15) is 4.98 Å². The molecule has 6 N–H and O–H groups in total. The summed E-state index contributed by atoms with van der Waals surface area (Å²) in [6.07, 6.45) is 4.10. The Morgan fingerprint density at radius 3 is 2.67 bits per heavy atom. The van der Waals surface area contributed by atoms with Crippen molar-refractivity contribution in [2.45, 2.75) is 44.7 Å². The van der Waals surface area contributed by atoms with Gasteiger partial charge in [-0.15, -0.1) is 15.3 Å². The number of primary amides is 1. The summed E-state index contributed by atoms with van der Waals surface area (Å²) in [7, 11) is 0. The number of nitrogens with two attached hydrogens (primary N) is 2. The molecule has 4 rings (SSSR count). The minimum Gasteiger partial charge on any atom is -0.364 e. The lowest BCUT2D eigenvalue weighted by Crippen LogP contribution is -2.43. The molecule has 1 saturated carbocycles. The van der Waals surface area contributed by atoms with Gasteiger partial charge in [-0.05, 0) is 31.9 Å². The molecule has 1 aliphatic carbocycles. The fourth-order valence-corrected chi connectivity index (χ4v) is 3.63. The molecule has 2 heterocycles. The van der Waals surface area contributed by atoms with E-state index in [2.05, 4.69) is 30.9 Å². The first-order valence-corrected chi connectivity index (χ1v) is 9.97. The maximum atomic E-state index is 11.8. The van der Waals surface area contributed by atoms with E-state index in [9.17, 15) is 4.79 Å². The molecule has 0 bridgehead atoms. The lowest BCUT2D eigenvalue weighted by Gasteiger charge is -2.29. The van der Waals surface area contributed by atoms with Gasteiger partial charge >= 0.3 is 0 Å². The normalized spacial score (nSPS) is 18.7. The number of para-hydroxylation sites is 1. The summed E-state index contributed by atoms with van der Waals surface area (Å²) in [5.74, 6) is 0.281. The monoisotopic (exact) mass is 407 g/mol. The molecule has 1 fully saturated rings. The lowest BCUT2D eigenvalue weighted by molar-refractivity contribution is 0.0995. The largest absolute Gasteiger partial charge is 0.364 e. The van der Waals surface area contributed by atoms with E-state index < -0.39 is 5.91 Å². The van der Waals surface area contributed by atoms with Crippen LogP contribution in [0, 0.1) is 6.92 Å². The third kappa shape index (κ3) is 4.23. The van der Waals surface area contributed by atoms with Crippen LogP contribution in [0.15, 0.2) is 36.4 Å². The first kappa shape index (κ1) is 19.8. The summed E-state index contributed by atoms with van der Waals surface area (Å²) in [5.41, 5.74) is 13.4. The Balaban J connectivity index is 1.60. The molecule has 156 valence electrons. The number of hydrogen-bond donors (Lipinski definition) is 4. The molecule has 10 nitrogen and oxygen atoms in total. The number of nitrogens with zero attached hydrogens (tertiary/aromatic N) is 5. The Labute approximate surface area is 174 Å². The van der Waals surface area contributed by atoms with Crippen LogP contribution in [0.25, 0.3) is 5.69 Å². The highest BCUT2D eigenvalue weighted by Crippen LogP contribution is 2.23. The van der Waals surface area contributed by atoms with E-state index in [1.54, 1.807) is 4.68 Å². The van der Waals surface area contributed by atoms with Crippen LogP contribution in [0.2, 0.25) is 0 Å². The minimum atomic E-state index is -0.724. The fraction of sp³-hybridized carbons (Fsp3) is 0.350. The van der Waals surface area contributed by atoms with E-state index in [0.29, 0.717) is 11.8 Å². The Morgan fingerprint density at radius 2 is 1.93 bits per heavy atom. The molecule has 2 atom stereocenters. The maximum absolute atomic E-state index is 11.8. The van der Waals surface area contributed by atoms with E-state index in [0.717, 1.165) is 37.1 Å². The molecule has 3 aromatic rings. The summed E-state index contributed by atoms with van der Waals surface area (Å²) < 4.78 is 1.79. The van der Waals surface area contributed by atoms with Gasteiger partial charge in [-0.1, -0.05) is 31.0 Å². The van der Waals surface area contributed by atoms with E-state index >= 15 is 0 Å². The Morgan fingerprint density at radius 1 is 1.17 bits per heavy atom. The Hall–Kier alpha value is -3.53. The summed E-state index contributed by atoms with van der Waals surface area (Å²) in [5, 5.41) is 18.8. The molecular formula is C20H25N9O. The third-order valence-electron chi connectivity index (χ3n) is 5.19. The summed E-state index contributed by atoms with van der Waals surface area (Å²) >= 11 is 0. The van der Waals surface area contributed by atoms with Gasteiger partial charge in [0.15, 0.2) is 17.3 Å². The van der Waals surface area contributed by atoms with Gasteiger partial charge in [0.05, 0.1) is 5.69 Å². The Bertz CT molecular complexity index is 1030. The number of amides is 1. The second kappa shape index (κ2) is 8.46. The van der Waals surface area contributed by atoms with Crippen molar-refractivity contribution in [3.05, 3.63) is 47.8 Å². The van der Waals surface area contributed by atoms with Crippen molar-refractivity contribution >= 4 is 23.5 Å². The average molecular weight is 407 g/mol. The summed E-state index contributed by atoms with van der Waals surface area (Å²) in [6, 6.07) is 11.7. The number of nitrogens with one attached hydrogen (secondary N) is 2. The highest BCUT2D eigenvalue weighted by molar-refractivity contribution is 5.96. The predicted molar refractivity (Wildman–Crippen MR) is 114 cm³/mol. The van der Waals surface area contributed by atoms with E-state index in [4.69, 9.17) is 11.5 Å². The molecule has 1 amide bonds. The van der Waals surface area contributed by atoms with Crippen LogP contribution < -0.4 is 22.1 Å². The molecule has 0 saturated heterocycles. The zero-order chi connectivity index (χ0) is 21.1. The highest BCUT2D eigenvalue weighted by Gasteiger charge is 2.23. The number of anilines is 3. The number of aromatic nitrogens is 5. The number of aryl methyl sites for hydroxylation is 1. The van der Waals surface area contributed by atoms with Crippen LogP contribution in [-0.2, 0) is 0 Å². The quantitative estimate of drug-likeness (QED) is 0.484.